The molecule has 4 bridgehead atoms. The zero-order valence-corrected chi connectivity index (χ0v) is 49.4. The number of hydrogen-bond acceptors (Lipinski definition) is 9. The van der Waals surface area contributed by atoms with Crippen molar-refractivity contribution in [2.75, 3.05) is 68.8 Å². The van der Waals surface area contributed by atoms with Crippen LogP contribution in [0.15, 0.2) is 109 Å². The molecule has 0 unspecified atom stereocenters. The first-order chi connectivity index (χ1) is 35.4. The average molecular weight is 1060 g/mol. The molecular weight excluding hydrogens is 975 g/mol. The molecule has 0 atom stereocenters. The molecular formula is C63H89N3O7S2. The first-order valence-corrected chi connectivity index (χ1v) is 28.6. The van der Waals surface area contributed by atoms with Crippen molar-refractivity contribution in [3.05, 3.63) is 165 Å². The second-order valence-electron chi connectivity index (χ2n) is 23.1. The van der Waals surface area contributed by atoms with Crippen LogP contribution in [0.1, 0.15) is 139 Å². The van der Waals surface area contributed by atoms with Crippen molar-refractivity contribution < 1.29 is 33.3 Å². The van der Waals surface area contributed by atoms with Crippen LogP contribution in [0.25, 0.3) is 0 Å². The average Bonchev–Trinajstić information content (AvgIpc) is 3.34. The summed E-state index contributed by atoms with van der Waals surface area (Å²) in [4.78, 5) is 23.7. The molecule has 3 amide bonds. The Hall–Kier alpha value is -4.82. The topological polar surface area (TPSA) is 116 Å². The molecule has 12 heteroatoms. The third-order valence-electron chi connectivity index (χ3n) is 12.1. The molecule has 410 valence electrons. The molecule has 5 aromatic rings. The number of anilines is 2. The van der Waals surface area contributed by atoms with E-state index in [9.17, 15) is 9.59 Å². The summed E-state index contributed by atoms with van der Waals surface area (Å²) in [6.07, 6.45) is -0.506. The summed E-state index contributed by atoms with van der Waals surface area (Å²) in [6, 6.07) is 37.3. The maximum atomic E-state index is 12.4. The number of ether oxygens (including phenoxy) is 5. The Labute approximate surface area is 459 Å². The zero-order valence-electron chi connectivity index (χ0n) is 47.8. The van der Waals surface area contributed by atoms with Crippen LogP contribution in [0.2, 0.25) is 0 Å². The summed E-state index contributed by atoms with van der Waals surface area (Å²) in [7, 11) is 1.55. The number of aryl methyl sites for hydroxylation is 1. The van der Waals surface area contributed by atoms with E-state index in [0.29, 0.717) is 45.3 Å². The maximum absolute atomic E-state index is 12.4. The van der Waals surface area contributed by atoms with Crippen molar-refractivity contribution in [1.82, 2.24) is 5.32 Å². The number of amides is 3. The van der Waals surface area contributed by atoms with Gasteiger partial charge in [0.15, 0.2) is 0 Å². The molecule has 0 fully saturated rings. The number of rotatable bonds is 4. The fourth-order valence-electron chi connectivity index (χ4n) is 7.29. The van der Waals surface area contributed by atoms with E-state index in [2.05, 4.69) is 179 Å². The van der Waals surface area contributed by atoms with Crippen LogP contribution in [0.4, 0.5) is 21.0 Å². The molecule has 0 aromatic heterocycles. The molecule has 0 spiro atoms. The van der Waals surface area contributed by atoms with E-state index >= 15 is 0 Å². The third-order valence-corrected chi connectivity index (χ3v) is 14.1. The fourth-order valence-corrected chi connectivity index (χ4v) is 8.91. The first-order valence-electron chi connectivity index (χ1n) is 26.3. The van der Waals surface area contributed by atoms with Crippen molar-refractivity contribution in [3.63, 3.8) is 0 Å². The van der Waals surface area contributed by atoms with Crippen molar-refractivity contribution >= 4 is 47.0 Å². The monoisotopic (exact) mass is 1060 g/mol. The molecule has 5 aromatic carbocycles. The Morgan fingerprint density at radius 2 is 0.867 bits per heavy atom. The van der Waals surface area contributed by atoms with Crippen LogP contribution < -0.4 is 16.0 Å². The van der Waals surface area contributed by atoms with Crippen LogP contribution in [0.3, 0.4) is 0 Å². The minimum Gasteiger partial charge on any atom is -0.444 e. The van der Waals surface area contributed by atoms with E-state index in [1.807, 2.05) is 35.7 Å². The molecule has 4 aliphatic heterocycles. The van der Waals surface area contributed by atoms with Gasteiger partial charge in [0.2, 0.25) is 0 Å². The van der Waals surface area contributed by atoms with Gasteiger partial charge < -0.3 is 34.3 Å². The van der Waals surface area contributed by atoms with E-state index in [4.69, 9.17) is 23.7 Å². The number of benzene rings is 5. The van der Waals surface area contributed by atoms with Gasteiger partial charge in [0, 0.05) is 41.4 Å². The predicted octanol–water partition coefficient (Wildman–Crippen LogP) is 15.3. The lowest BCUT2D eigenvalue weighted by Crippen LogP contribution is -2.24. The molecule has 0 aliphatic carbocycles. The van der Waals surface area contributed by atoms with Gasteiger partial charge in [-0.05, 0) is 103 Å². The molecule has 3 N–H and O–H groups in total. The van der Waals surface area contributed by atoms with Crippen LogP contribution in [0, 0.1) is 6.92 Å². The Balaban J connectivity index is 0.000000257. The van der Waals surface area contributed by atoms with Gasteiger partial charge in [-0.2, -0.15) is 23.5 Å². The van der Waals surface area contributed by atoms with Gasteiger partial charge in [-0.15, -0.1) is 0 Å². The molecule has 0 saturated heterocycles. The second-order valence-corrected chi connectivity index (χ2v) is 25.3. The second kappa shape index (κ2) is 30.8. The Morgan fingerprint density at radius 3 is 1.28 bits per heavy atom. The number of thioether (sulfide) groups is 2. The van der Waals surface area contributed by atoms with Gasteiger partial charge in [0.1, 0.15) is 6.61 Å². The van der Waals surface area contributed by atoms with Gasteiger partial charge in [0.25, 0.3) is 0 Å². The number of carbonyl (C=O) groups is 2. The molecule has 75 heavy (non-hydrogen) atoms. The molecule has 4 heterocycles. The van der Waals surface area contributed by atoms with Crippen LogP contribution in [-0.4, -0.2) is 70.3 Å². The minimum atomic E-state index is -0.506. The lowest BCUT2D eigenvalue weighted by Gasteiger charge is -2.26. The van der Waals surface area contributed by atoms with Crippen molar-refractivity contribution in [1.29, 1.82) is 0 Å². The van der Waals surface area contributed by atoms with E-state index in [-0.39, 0.29) is 34.3 Å². The molecule has 0 saturated carbocycles. The van der Waals surface area contributed by atoms with E-state index in [0.717, 1.165) is 58.6 Å². The summed E-state index contributed by atoms with van der Waals surface area (Å²) in [5.74, 6) is 4.09. The highest BCUT2D eigenvalue weighted by Crippen LogP contribution is 2.33. The normalized spacial score (nSPS) is 14.8. The van der Waals surface area contributed by atoms with Crippen molar-refractivity contribution in [2.45, 2.75) is 143 Å². The van der Waals surface area contributed by atoms with E-state index in [1.165, 1.54) is 38.9 Å². The highest BCUT2D eigenvalue weighted by Gasteiger charge is 2.22. The molecule has 10 nitrogen and oxygen atoms in total. The highest BCUT2D eigenvalue weighted by atomic mass is 32.2. The van der Waals surface area contributed by atoms with Gasteiger partial charge in [0.05, 0.1) is 52.9 Å². The van der Waals surface area contributed by atoms with Gasteiger partial charge in [-0.1, -0.05) is 174 Å². The van der Waals surface area contributed by atoms with E-state index in [1.54, 1.807) is 31.3 Å². The Bertz CT molecular complexity index is 2280. The fraction of sp³-hybridized carbons (Fsp3) is 0.492. The predicted molar refractivity (Wildman–Crippen MR) is 317 cm³/mol. The molecule has 0 radical (unpaired) electrons. The number of hydrogen-bond donors (Lipinski definition) is 3. The Morgan fingerprint density at radius 1 is 0.480 bits per heavy atom. The van der Waals surface area contributed by atoms with Crippen LogP contribution in [-0.2, 0) is 76.7 Å². The summed E-state index contributed by atoms with van der Waals surface area (Å²) >= 11 is 3.84. The number of nitrogens with one attached hydrogen (secondary N) is 3. The summed E-state index contributed by atoms with van der Waals surface area (Å²) in [6.45, 7) is 34.1. The third kappa shape index (κ3) is 24.8. The van der Waals surface area contributed by atoms with Crippen molar-refractivity contribution in [3.8, 4) is 0 Å². The summed E-state index contributed by atoms with van der Waals surface area (Å²) < 4.78 is 28.1. The van der Waals surface area contributed by atoms with Gasteiger partial charge >= 0.3 is 12.1 Å². The minimum absolute atomic E-state index is 0.0357. The highest BCUT2D eigenvalue weighted by molar-refractivity contribution is 7.98. The largest absolute Gasteiger partial charge is 0.444 e. The molecule has 4 aliphatic rings. The quantitative estimate of drug-likeness (QED) is 0.162. The summed E-state index contributed by atoms with van der Waals surface area (Å²) in [5.41, 5.74) is 14.3. The first kappa shape index (κ1) is 62.7. The van der Waals surface area contributed by atoms with Crippen LogP contribution >= 0.6 is 23.5 Å². The SMILES string of the molecule is CNC(=O)Nc1ccc(COC(=O)Nc2cc(C(C)(C)C)cc(C(C)(C)C)c2)cc1.Cc1cc(C(C)(C)C)cc(C(C)(C)C)c1.c1cc2ccc1COCCOCCOCc1ccc(cc1)CSCCOCCSC2. The standard InChI is InChI=1S/C24H33N3O3.C24H32O4S2.C15H24/c1-23(2,3)17-12-18(24(4,5)6)14-20(13-17)27-22(29)30-15-16-8-10-19(11-9-16)26-21(28)25-7;1-5-23-6-2-21(1)17-27-11-9-25-10-12-28-18-22-3-7-24(8-4-22)20-30-16-14-26-13-15-29-19-23;1-11-8-12(14(2,3)4)10-13(9-11)15(5,6)7/h8-14H,15H2,1-7H3,(H,27,29)(H2,25,26,28);1-8H,9-20H2;8-10H,1-7H3. The lowest BCUT2D eigenvalue weighted by molar-refractivity contribution is 0.00704. The zero-order chi connectivity index (χ0) is 55.1. The number of urea groups is 1. The van der Waals surface area contributed by atoms with Crippen molar-refractivity contribution in [2.24, 2.45) is 0 Å². The Kier molecular flexibility index (Phi) is 25.8. The van der Waals surface area contributed by atoms with Gasteiger partial charge in [-0.3, -0.25) is 5.32 Å². The lowest BCUT2D eigenvalue weighted by atomic mass is 9.80. The summed E-state index contributed by atoms with van der Waals surface area (Å²) in [5, 5.41) is 8.03. The van der Waals surface area contributed by atoms with E-state index < -0.39 is 6.09 Å². The van der Waals surface area contributed by atoms with Gasteiger partial charge in [-0.25, -0.2) is 9.59 Å². The molecule has 9 rings (SSSR count). The maximum Gasteiger partial charge on any atom is 0.411 e. The van der Waals surface area contributed by atoms with Crippen LogP contribution in [0.5, 0.6) is 0 Å². The smallest absolute Gasteiger partial charge is 0.411 e. The number of carbonyl (C=O) groups excluding carboxylic acids is 2.